The van der Waals surface area contributed by atoms with Crippen LogP contribution in [0.2, 0.25) is 0 Å². The molecule has 0 amide bonds. The van der Waals surface area contributed by atoms with Gasteiger partial charge in [-0.2, -0.15) is 0 Å². The highest BCUT2D eigenvalue weighted by Gasteiger charge is 2.31. The van der Waals surface area contributed by atoms with Gasteiger partial charge in [-0.05, 0) is 67.1 Å². The maximum Gasteiger partial charge on any atom is 0.0175 e. The molecule has 1 atom stereocenters. The van der Waals surface area contributed by atoms with Gasteiger partial charge < -0.3 is 5.73 Å². The average Bonchev–Trinajstić information content (AvgIpc) is 2.40. The van der Waals surface area contributed by atoms with Crippen LogP contribution >= 0.6 is 15.9 Å². The third-order valence-electron chi connectivity index (χ3n) is 4.99. The molecule has 2 rings (SSSR count). The first-order valence-electron chi connectivity index (χ1n) is 7.86. The van der Waals surface area contributed by atoms with E-state index >= 15 is 0 Å². The summed E-state index contributed by atoms with van der Waals surface area (Å²) in [6.45, 7) is 7.12. The minimum Gasteiger partial charge on any atom is -0.327 e. The first kappa shape index (κ1) is 16.0. The quantitative estimate of drug-likeness (QED) is 0.808. The first-order valence-corrected chi connectivity index (χ1v) is 8.65. The lowest BCUT2D eigenvalue weighted by Crippen LogP contribution is -2.36. The molecule has 2 N–H and O–H groups in total. The normalized spacial score (nSPS) is 25.4. The Bertz CT molecular complexity index is 410. The van der Waals surface area contributed by atoms with Crippen molar-refractivity contribution >= 4 is 15.9 Å². The van der Waals surface area contributed by atoms with E-state index in [-0.39, 0.29) is 0 Å². The number of hydrogen-bond acceptors (Lipinski definition) is 1. The number of halogens is 1. The van der Waals surface area contributed by atoms with Crippen molar-refractivity contribution in [1.82, 2.24) is 0 Å². The maximum atomic E-state index is 6.46. The van der Waals surface area contributed by atoms with Crippen LogP contribution in [0.4, 0.5) is 0 Å². The van der Waals surface area contributed by atoms with Crippen LogP contribution in [0.15, 0.2) is 28.7 Å². The maximum absolute atomic E-state index is 6.46. The van der Waals surface area contributed by atoms with Gasteiger partial charge in [0.2, 0.25) is 0 Å². The Morgan fingerprint density at radius 1 is 1.10 bits per heavy atom. The molecule has 0 spiro atoms. The Morgan fingerprint density at radius 2 is 1.65 bits per heavy atom. The lowest BCUT2D eigenvalue weighted by Gasteiger charge is -2.38. The van der Waals surface area contributed by atoms with Crippen LogP contribution in [-0.4, -0.2) is 6.04 Å². The fraction of sp³-hybridized carbons (Fsp3) is 0.667. The van der Waals surface area contributed by atoms with E-state index in [0.29, 0.717) is 17.4 Å². The summed E-state index contributed by atoms with van der Waals surface area (Å²) in [6, 6.07) is 8.91. The van der Waals surface area contributed by atoms with Crippen molar-refractivity contribution in [3.63, 3.8) is 0 Å². The molecular weight excluding hydrogens is 310 g/mol. The summed E-state index contributed by atoms with van der Waals surface area (Å²) in [5.74, 6) is 1.58. The highest BCUT2D eigenvalue weighted by molar-refractivity contribution is 9.10. The molecule has 2 heteroatoms. The number of hydrogen-bond donors (Lipinski definition) is 1. The molecule has 0 radical (unpaired) electrons. The molecule has 1 aliphatic carbocycles. The summed E-state index contributed by atoms with van der Waals surface area (Å²) in [4.78, 5) is 0. The van der Waals surface area contributed by atoms with E-state index in [1.54, 1.807) is 0 Å². The number of rotatable bonds is 3. The van der Waals surface area contributed by atoms with Gasteiger partial charge in [0.1, 0.15) is 0 Å². The van der Waals surface area contributed by atoms with Gasteiger partial charge in [-0.1, -0.05) is 48.8 Å². The predicted molar refractivity (Wildman–Crippen MR) is 90.7 cm³/mol. The van der Waals surface area contributed by atoms with Crippen LogP contribution in [-0.2, 0) is 6.42 Å². The van der Waals surface area contributed by atoms with Crippen molar-refractivity contribution in [3.8, 4) is 0 Å². The van der Waals surface area contributed by atoms with E-state index in [4.69, 9.17) is 5.73 Å². The monoisotopic (exact) mass is 337 g/mol. The molecule has 1 aromatic rings. The summed E-state index contributed by atoms with van der Waals surface area (Å²) >= 11 is 3.48. The van der Waals surface area contributed by atoms with Crippen LogP contribution in [0.3, 0.4) is 0 Å². The van der Waals surface area contributed by atoms with E-state index < -0.39 is 0 Å². The molecule has 0 heterocycles. The third-order valence-corrected chi connectivity index (χ3v) is 5.52. The zero-order valence-corrected chi connectivity index (χ0v) is 14.6. The fourth-order valence-corrected chi connectivity index (χ4v) is 3.74. The highest BCUT2D eigenvalue weighted by Crippen LogP contribution is 2.40. The summed E-state index contributed by atoms with van der Waals surface area (Å²) in [7, 11) is 0. The number of benzene rings is 1. The smallest absolute Gasteiger partial charge is 0.0175 e. The lowest BCUT2D eigenvalue weighted by molar-refractivity contribution is 0.139. The topological polar surface area (TPSA) is 26.0 Å². The van der Waals surface area contributed by atoms with Crippen molar-refractivity contribution in [1.29, 1.82) is 0 Å². The first-order chi connectivity index (χ1) is 9.36. The van der Waals surface area contributed by atoms with Crippen LogP contribution in [0.25, 0.3) is 0 Å². The SMILES string of the molecule is CC(C)(C)C1CCC(C(N)Cc2ccc(Br)cc2)CC1. The number of nitrogens with two attached hydrogens (primary N) is 1. The molecule has 0 aromatic heterocycles. The van der Waals surface area contributed by atoms with Gasteiger partial charge in [0.05, 0.1) is 0 Å². The Kier molecular flexibility index (Phi) is 5.30. The Hall–Kier alpha value is -0.340. The second-order valence-electron chi connectivity index (χ2n) is 7.47. The zero-order chi connectivity index (χ0) is 14.8. The van der Waals surface area contributed by atoms with Crippen LogP contribution in [0.1, 0.15) is 52.0 Å². The van der Waals surface area contributed by atoms with Gasteiger partial charge in [0, 0.05) is 10.5 Å². The molecule has 1 nitrogen and oxygen atoms in total. The van der Waals surface area contributed by atoms with Crippen molar-refractivity contribution in [2.24, 2.45) is 23.0 Å². The minimum atomic E-state index is 0.317. The van der Waals surface area contributed by atoms with Crippen LogP contribution in [0.5, 0.6) is 0 Å². The van der Waals surface area contributed by atoms with Crippen molar-refractivity contribution < 1.29 is 0 Å². The molecule has 0 bridgehead atoms. The molecule has 0 aliphatic heterocycles. The standard InChI is InChI=1S/C18H28BrN/c1-18(2,3)15-8-6-14(7-9-15)17(20)12-13-4-10-16(19)11-5-13/h4-5,10-11,14-15,17H,6-9,12,20H2,1-3H3. The molecule has 1 aliphatic rings. The van der Waals surface area contributed by atoms with Gasteiger partial charge in [0.25, 0.3) is 0 Å². The zero-order valence-electron chi connectivity index (χ0n) is 13.0. The van der Waals surface area contributed by atoms with Crippen LogP contribution in [0, 0.1) is 17.3 Å². The molecule has 0 saturated heterocycles. The highest BCUT2D eigenvalue weighted by atomic mass is 79.9. The van der Waals surface area contributed by atoms with Crippen molar-refractivity contribution in [2.45, 2.75) is 58.9 Å². The average molecular weight is 338 g/mol. The summed E-state index contributed by atoms with van der Waals surface area (Å²) < 4.78 is 1.14. The third kappa shape index (κ3) is 4.33. The Morgan fingerprint density at radius 3 is 2.15 bits per heavy atom. The van der Waals surface area contributed by atoms with E-state index in [1.165, 1.54) is 31.2 Å². The van der Waals surface area contributed by atoms with E-state index in [2.05, 4.69) is 61.0 Å². The molecule has 1 unspecified atom stereocenters. The van der Waals surface area contributed by atoms with Gasteiger partial charge in [-0.25, -0.2) is 0 Å². The Balaban J connectivity index is 1.85. The van der Waals surface area contributed by atoms with E-state index in [0.717, 1.165) is 16.8 Å². The summed E-state index contributed by atoms with van der Waals surface area (Å²) in [6.07, 6.45) is 6.32. The van der Waals surface area contributed by atoms with Crippen molar-refractivity contribution in [2.75, 3.05) is 0 Å². The summed E-state index contributed by atoms with van der Waals surface area (Å²) in [5, 5.41) is 0. The van der Waals surface area contributed by atoms with Gasteiger partial charge in [-0.3, -0.25) is 0 Å². The lowest BCUT2D eigenvalue weighted by atomic mass is 9.68. The Labute approximate surface area is 132 Å². The second kappa shape index (κ2) is 6.62. The molecule has 1 aromatic carbocycles. The largest absolute Gasteiger partial charge is 0.327 e. The van der Waals surface area contributed by atoms with Gasteiger partial charge >= 0.3 is 0 Å². The van der Waals surface area contributed by atoms with Crippen molar-refractivity contribution in [3.05, 3.63) is 34.3 Å². The van der Waals surface area contributed by atoms with Gasteiger partial charge in [-0.15, -0.1) is 0 Å². The minimum absolute atomic E-state index is 0.317. The molecule has 1 saturated carbocycles. The van der Waals surface area contributed by atoms with E-state index in [9.17, 15) is 0 Å². The molecular formula is C18H28BrN. The second-order valence-corrected chi connectivity index (χ2v) is 8.39. The fourth-order valence-electron chi connectivity index (χ4n) is 3.47. The van der Waals surface area contributed by atoms with E-state index in [1.807, 2.05) is 0 Å². The molecule has 20 heavy (non-hydrogen) atoms. The molecule has 112 valence electrons. The predicted octanol–water partition coefficient (Wildman–Crippen LogP) is 5.17. The molecule has 1 fully saturated rings. The van der Waals surface area contributed by atoms with Gasteiger partial charge in [0.15, 0.2) is 0 Å². The van der Waals surface area contributed by atoms with Crippen LogP contribution < -0.4 is 5.73 Å². The summed E-state index contributed by atoms with van der Waals surface area (Å²) in [5.41, 5.74) is 8.28.